The summed E-state index contributed by atoms with van der Waals surface area (Å²) in [6.45, 7) is 2.41. The molecule has 2 fully saturated rings. The Morgan fingerprint density at radius 3 is 2.59 bits per heavy atom. The van der Waals surface area contributed by atoms with Gasteiger partial charge in [-0.25, -0.2) is 9.69 Å². The van der Waals surface area contributed by atoms with Gasteiger partial charge in [0.1, 0.15) is 12.4 Å². The summed E-state index contributed by atoms with van der Waals surface area (Å²) in [6.07, 6.45) is 0.271. The Morgan fingerprint density at radius 2 is 1.95 bits per heavy atom. The lowest BCUT2D eigenvalue weighted by Crippen LogP contribution is -2.43. The Labute approximate surface area is 129 Å². The molecule has 5 nitrogen and oxygen atoms in total. The first-order valence-corrected chi connectivity index (χ1v) is 7.63. The van der Waals surface area contributed by atoms with Crippen LogP contribution in [0.1, 0.15) is 31.2 Å². The Balaban J connectivity index is 1.89. The standard InChI is InChI=1S/C17H19NO4/c1-11-9-14(16(20)18-7-8-22-17(18)21)13(10-15(11)19)12-5-3-2-4-6-12/h2-6,11,13-14H,7-10H2,1H3/t11-,13-,14-/m0/s1. The number of Topliss-reactive ketones (excluding diaryl/α,β-unsaturated/α-hetero) is 1. The van der Waals surface area contributed by atoms with Crippen LogP contribution in [0.3, 0.4) is 0 Å². The van der Waals surface area contributed by atoms with E-state index in [2.05, 4.69) is 0 Å². The molecule has 3 rings (SSSR count). The molecule has 0 N–H and O–H groups in total. The van der Waals surface area contributed by atoms with Crippen LogP contribution in [-0.4, -0.2) is 35.8 Å². The van der Waals surface area contributed by atoms with E-state index in [1.807, 2.05) is 37.3 Å². The van der Waals surface area contributed by atoms with Gasteiger partial charge in [0.05, 0.1) is 6.54 Å². The monoisotopic (exact) mass is 301 g/mol. The molecule has 5 heteroatoms. The summed E-state index contributed by atoms with van der Waals surface area (Å²) in [5, 5.41) is 0. The Morgan fingerprint density at radius 1 is 1.23 bits per heavy atom. The van der Waals surface area contributed by atoms with Crippen molar-refractivity contribution in [3.05, 3.63) is 35.9 Å². The van der Waals surface area contributed by atoms with E-state index in [1.54, 1.807) is 0 Å². The lowest BCUT2D eigenvalue weighted by atomic mass is 9.70. The van der Waals surface area contributed by atoms with Crippen molar-refractivity contribution in [1.29, 1.82) is 0 Å². The zero-order chi connectivity index (χ0) is 15.7. The lowest BCUT2D eigenvalue weighted by Gasteiger charge is -2.34. The predicted molar refractivity (Wildman–Crippen MR) is 79.1 cm³/mol. The molecule has 0 spiro atoms. The molecule has 2 aliphatic rings. The number of hydrogen-bond donors (Lipinski definition) is 0. The van der Waals surface area contributed by atoms with Crippen LogP contribution in [-0.2, 0) is 14.3 Å². The van der Waals surface area contributed by atoms with Crippen molar-refractivity contribution >= 4 is 17.8 Å². The zero-order valence-electron chi connectivity index (χ0n) is 12.5. The van der Waals surface area contributed by atoms with Gasteiger partial charge in [0.15, 0.2) is 0 Å². The molecule has 3 atom stereocenters. The smallest absolute Gasteiger partial charge is 0.416 e. The van der Waals surface area contributed by atoms with Gasteiger partial charge in [-0.05, 0) is 12.0 Å². The van der Waals surface area contributed by atoms with E-state index in [9.17, 15) is 14.4 Å². The van der Waals surface area contributed by atoms with E-state index in [4.69, 9.17) is 4.74 Å². The first-order valence-electron chi connectivity index (χ1n) is 7.63. The minimum Gasteiger partial charge on any atom is -0.447 e. The van der Waals surface area contributed by atoms with Crippen LogP contribution < -0.4 is 0 Å². The number of amides is 2. The molecule has 2 amide bonds. The third-order valence-corrected chi connectivity index (χ3v) is 4.64. The molecule has 22 heavy (non-hydrogen) atoms. The molecule has 0 bridgehead atoms. The SMILES string of the molecule is C[C@H]1C[C@H](C(=O)N2CCOC2=O)[C@H](c2ccccc2)CC1=O. The number of nitrogens with zero attached hydrogens (tertiary/aromatic N) is 1. The normalized spacial score (nSPS) is 28.6. The number of ketones is 1. The van der Waals surface area contributed by atoms with E-state index < -0.39 is 6.09 Å². The number of hydrogen-bond acceptors (Lipinski definition) is 4. The third kappa shape index (κ3) is 2.63. The van der Waals surface area contributed by atoms with Gasteiger partial charge in [-0.1, -0.05) is 37.3 Å². The van der Waals surface area contributed by atoms with Crippen LogP contribution in [0.15, 0.2) is 30.3 Å². The molecular weight excluding hydrogens is 282 g/mol. The maximum Gasteiger partial charge on any atom is 0.416 e. The van der Waals surface area contributed by atoms with Crippen LogP contribution in [0, 0.1) is 11.8 Å². The van der Waals surface area contributed by atoms with Gasteiger partial charge < -0.3 is 4.74 Å². The molecule has 1 saturated heterocycles. The summed E-state index contributed by atoms with van der Waals surface area (Å²) in [4.78, 5) is 37.7. The van der Waals surface area contributed by atoms with Crippen molar-refractivity contribution in [2.45, 2.75) is 25.7 Å². The van der Waals surface area contributed by atoms with Gasteiger partial charge in [0.2, 0.25) is 5.91 Å². The first kappa shape index (κ1) is 14.8. The summed E-state index contributed by atoms with van der Waals surface area (Å²) in [7, 11) is 0. The van der Waals surface area contributed by atoms with Crippen molar-refractivity contribution < 1.29 is 19.1 Å². The van der Waals surface area contributed by atoms with Gasteiger partial charge in [0.25, 0.3) is 0 Å². The number of cyclic esters (lactones) is 1. The minimum atomic E-state index is -0.568. The molecule has 0 aromatic heterocycles. The average Bonchev–Trinajstić information content (AvgIpc) is 2.96. The molecular formula is C17H19NO4. The van der Waals surface area contributed by atoms with Gasteiger partial charge in [-0.3, -0.25) is 9.59 Å². The maximum absolute atomic E-state index is 12.8. The lowest BCUT2D eigenvalue weighted by molar-refractivity contribution is -0.137. The fraction of sp³-hybridized carbons (Fsp3) is 0.471. The van der Waals surface area contributed by atoms with Crippen molar-refractivity contribution in [3.8, 4) is 0 Å². The summed E-state index contributed by atoms with van der Waals surface area (Å²) in [5.41, 5.74) is 0.980. The van der Waals surface area contributed by atoms with E-state index in [-0.39, 0.29) is 36.1 Å². The van der Waals surface area contributed by atoms with Crippen LogP contribution in [0.4, 0.5) is 4.79 Å². The summed E-state index contributed by atoms with van der Waals surface area (Å²) < 4.78 is 4.87. The quantitative estimate of drug-likeness (QED) is 0.841. The Bertz CT molecular complexity index is 598. The van der Waals surface area contributed by atoms with Crippen LogP contribution >= 0.6 is 0 Å². The average molecular weight is 301 g/mol. The molecule has 1 saturated carbocycles. The minimum absolute atomic E-state index is 0.146. The summed E-state index contributed by atoms with van der Waals surface area (Å²) in [6, 6.07) is 9.60. The number of carbonyl (C=O) groups excluding carboxylic acids is 3. The van der Waals surface area contributed by atoms with E-state index >= 15 is 0 Å². The number of ether oxygens (including phenoxy) is 1. The van der Waals surface area contributed by atoms with Crippen LogP contribution in [0.5, 0.6) is 0 Å². The zero-order valence-corrected chi connectivity index (χ0v) is 12.5. The Kier molecular flexibility index (Phi) is 3.96. The molecule has 1 heterocycles. The van der Waals surface area contributed by atoms with E-state index in [0.29, 0.717) is 19.4 Å². The van der Waals surface area contributed by atoms with Gasteiger partial charge in [-0.15, -0.1) is 0 Å². The van der Waals surface area contributed by atoms with Crippen molar-refractivity contribution in [3.63, 3.8) is 0 Å². The van der Waals surface area contributed by atoms with E-state index in [0.717, 1.165) is 5.56 Å². The highest BCUT2D eigenvalue weighted by Crippen LogP contribution is 2.40. The Hall–Kier alpha value is -2.17. The molecule has 1 aromatic carbocycles. The van der Waals surface area contributed by atoms with Crippen LogP contribution in [0.2, 0.25) is 0 Å². The van der Waals surface area contributed by atoms with Gasteiger partial charge in [-0.2, -0.15) is 0 Å². The second-order valence-electron chi connectivity index (χ2n) is 6.04. The van der Waals surface area contributed by atoms with Crippen molar-refractivity contribution in [1.82, 2.24) is 4.90 Å². The number of rotatable bonds is 2. The topological polar surface area (TPSA) is 63.7 Å². The van der Waals surface area contributed by atoms with Gasteiger partial charge in [0, 0.05) is 24.2 Å². The van der Waals surface area contributed by atoms with Gasteiger partial charge >= 0.3 is 6.09 Å². The number of benzene rings is 1. The third-order valence-electron chi connectivity index (χ3n) is 4.64. The summed E-state index contributed by atoms with van der Waals surface area (Å²) in [5.74, 6) is -0.684. The summed E-state index contributed by atoms with van der Waals surface area (Å²) >= 11 is 0. The highest BCUT2D eigenvalue weighted by Gasteiger charge is 2.43. The predicted octanol–water partition coefficient (Wildman–Crippen LogP) is 2.36. The van der Waals surface area contributed by atoms with E-state index in [1.165, 1.54) is 4.90 Å². The fourth-order valence-corrected chi connectivity index (χ4v) is 3.35. The number of imide groups is 1. The molecule has 0 radical (unpaired) electrons. The number of carbonyl (C=O) groups is 3. The molecule has 116 valence electrons. The second-order valence-corrected chi connectivity index (χ2v) is 6.04. The first-order chi connectivity index (χ1) is 10.6. The fourth-order valence-electron chi connectivity index (χ4n) is 3.35. The van der Waals surface area contributed by atoms with Crippen molar-refractivity contribution in [2.24, 2.45) is 11.8 Å². The van der Waals surface area contributed by atoms with Crippen LogP contribution in [0.25, 0.3) is 0 Å². The molecule has 1 aliphatic heterocycles. The highest BCUT2D eigenvalue weighted by atomic mass is 16.6. The van der Waals surface area contributed by atoms with Crippen molar-refractivity contribution in [2.75, 3.05) is 13.2 Å². The second kappa shape index (κ2) is 5.91. The highest BCUT2D eigenvalue weighted by molar-refractivity contribution is 5.96. The maximum atomic E-state index is 12.8. The molecule has 1 aliphatic carbocycles. The molecule has 1 aromatic rings. The largest absolute Gasteiger partial charge is 0.447 e. The molecule has 0 unspecified atom stereocenters.